The van der Waals surface area contributed by atoms with E-state index in [0.717, 1.165) is 36.5 Å². The van der Waals surface area contributed by atoms with Gasteiger partial charge in [-0.1, -0.05) is 25.1 Å². The Balaban J connectivity index is 1.38. The Bertz CT molecular complexity index is 1030. The molecule has 29 heavy (non-hydrogen) atoms. The fourth-order valence-electron chi connectivity index (χ4n) is 4.34. The van der Waals surface area contributed by atoms with Gasteiger partial charge in [0.25, 0.3) is 5.91 Å². The van der Waals surface area contributed by atoms with Crippen molar-refractivity contribution in [3.63, 3.8) is 0 Å². The maximum atomic E-state index is 13.0. The molecule has 0 aliphatic carbocycles. The van der Waals surface area contributed by atoms with E-state index in [1.54, 1.807) is 11.3 Å². The van der Waals surface area contributed by atoms with E-state index in [9.17, 15) is 4.79 Å². The fourth-order valence-corrected chi connectivity index (χ4v) is 5.16. The summed E-state index contributed by atoms with van der Waals surface area (Å²) in [6.45, 7) is 5.68. The SMILES string of the molecule is CCCn1c(-c2nc(C(=O)N3CCC4(CC3)OCCO4)cs2)cc2ccccc21. The lowest BCUT2D eigenvalue weighted by Gasteiger charge is -2.37. The average Bonchev–Trinajstić information content (AvgIpc) is 3.48. The molecule has 5 rings (SSSR count). The normalized spacial score (nSPS) is 18.7. The van der Waals surface area contributed by atoms with Crippen molar-refractivity contribution < 1.29 is 14.3 Å². The molecule has 1 amide bonds. The van der Waals surface area contributed by atoms with Crippen molar-refractivity contribution in [3.05, 3.63) is 41.4 Å². The summed E-state index contributed by atoms with van der Waals surface area (Å²) < 4.78 is 13.8. The number of aromatic nitrogens is 2. The van der Waals surface area contributed by atoms with Crippen molar-refractivity contribution in [2.24, 2.45) is 0 Å². The van der Waals surface area contributed by atoms with Crippen LogP contribution in [0.4, 0.5) is 0 Å². The van der Waals surface area contributed by atoms with Crippen molar-refractivity contribution in [1.29, 1.82) is 0 Å². The van der Waals surface area contributed by atoms with Crippen molar-refractivity contribution >= 4 is 28.1 Å². The van der Waals surface area contributed by atoms with E-state index in [-0.39, 0.29) is 5.91 Å². The number of carbonyl (C=O) groups excluding carboxylic acids is 1. The zero-order chi connectivity index (χ0) is 19.8. The van der Waals surface area contributed by atoms with Gasteiger partial charge in [0, 0.05) is 48.8 Å². The predicted molar refractivity (Wildman–Crippen MR) is 113 cm³/mol. The first-order valence-corrected chi connectivity index (χ1v) is 11.2. The van der Waals surface area contributed by atoms with Crippen LogP contribution < -0.4 is 0 Å². The predicted octanol–water partition coefficient (Wildman–Crippen LogP) is 4.15. The summed E-state index contributed by atoms with van der Waals surface area (Å²) in [6, 6.07) is 10.6. The summed E-state index contributed by atoms with van der Waals surface area (Å²) in [7, 11) is 0. The molecule has 0 atom stereocenters. The lowest BCUT2D eigenvalue weighted by molar-refractivity contribution is -0.181. The standard InChI is InChI=1S/C22H25N3O3S/c1-2-9-25-18-6-4-3-5-16(18)14-19(25)20-23-17(15-29-20)21(26)24-10-7-22(8-11-24)27-12-13-28-22/h3-6,14-15H,2,7-13H2,1H3. The molecule has 2 saturated heterocycles. The third-order valence-corrected chi connectivity index (χ3v) is 6.69. The molecule has 7 heteroatoms. The monoisotopic (exact) mass is 411 g/mol. The minimum atomic E-state index is -0.467. The van der Waals surface area contributed by atoms with E-state index >= 15 is 0 Å². The molecule has 152 valence electrons. The first-order valence-electron chi connectivity index (χ1n) is 10.3. The summed E-state index contributed by atoms with van der Waals surface area (Å²) in [5.41, 5.74) is 2.83. The van der Waals surface area contributed by atoms with Crippen LogP contribution in [0.25, 0.3) is 21.6 Å². The van der Waals surface area contributed by atoms with Crippen LogP contribution in [0.15, 0.2) is 35.7 Å². The second-order valence-corrected chi connectivity index (χ2v) is 8.54. The minimum Gasteiger partial charge on any atom is -0.347 e. The van der Waals surface area contributed by atoms with Gasteiger partial charge >= 0.3 is 0 Å². The Hall–Kier alpha value is -2.22. The van der Waals surface area contributed by atoms with E-state index in [4.69, 9.17) is 14.5 Å². The van der Waals surface area contributed by atoms with Crippen LogP contribution in [0.2, 0.25) is 0 Å². The number of nitrogens with zero attached hydrogens (tertiary/aromatic N) is 3. The number of ether oxygens (including phenoxy) is 2. The molecule has 2 aromatic heterocycles. The van der Waals surface area contributed by atoms with Crippen LogP contribution in [0.1, 0.15) is 36.7 Å². The maximum Gasteiger partial charge on any atom is 0.273 e. The van der Waals surface area contributed by atoms with Crippen LogP contribution in [0.3, 0.4) is 0 Å². The van der Waals surface area contributed by atoms with Crippen molar-refractivity contribution in [2.45, 2.75) is 38.5 Å². The van der Waals surface area contributed by atoms with E-state index in [1.165, 1.54) is 10.9 Å². The lowest BCUT2D eigenvalue weighted by Crippen LogP contribution is -2.47. The summed E-state index contributed by atoms with van der Waals surface area (Å²) in [6.07, 6.45) is 2.49. The van der Waals surface area contributed by atoms with Gasteiger partial charge in [0.2, 0.25) is 0 Å². The van der Waals surface area contributed by atoms with Crippen molar-refractivity contribution in [1.82, 2.24) is 14.5 Å². The summed E-state index contributed by atoms with van der Waals surface area (Å²) in [5, 5.41) is 3.99. The highest BCUT2D eigenvalue weighted by atomic mass is 32.1. The number of thiazole rings is 1. The number of fused-ring (bicyclic) bond motifs is 1. The Morgan fingerprint density at radius 3 is 2.72 bits per heavy atom. The second-order valence-electron chi connectivity index (χ2n) is 7.68. The molecular formula is C22H25N3O3S. The number of hydrogen-bond acceptors (Lipinski definition) is 5. The van der Waals surface area contributed by atoms with Crippen LogP contribution >= 0.6 is 11.3 Å². The van der Waals surface area contributed by atoms with E-state index < -0.39 is 5.79 Å². The highest BCUT2D eigenvalue weighted by Crippen LogP contribution is 2.33. The highest BCUT2D eigenvalue weighted by Gasteiger charge is 2.41. The molecule has 2 fully saturated rings. The Morgan fingerprint density at radius 1 is 1.21 bits per heavy atom. The first kappa shape index (κ1) is 18.8. The molecule has 0 bridgehead atoms. The van der Waals surface area contributed by atoms with Crippen molar-refractivity contribution in [3.8, 4) is 10.7 Å². The Morgan fingerprint density at radius 2 is 1.97 bits per heavy atom. The van der Waals surface area contributed by atoms with Gasteiger partial charge in [0.1, 0.15) is 10.7 Å². The van der Waals surface area contributed by atoms with E-state index in [0.29, 0.717) is 32.0 Å². The highest BCUT2D eigenvalue weighted by molar-refractivity contribution is 7.13. The van der Waals surface area contributed by atoms with Gasteiger partial charge in [0.15, 0.2) is 5.79 Å². The molecule has 1 spiro atoms. The zero-order valence-corrected chi connectivity index (χ0v) is 17.4. The number of aryl methyl sites for hydroxylation is 1. The number of amides is 1. The topological polar surface area (TPSA) is 56.6 Å². The molecular weight excluding hydrogens is 386 g/mol. The van der Waals surface area contributed by atoms with Gasteiger partial charge in [-0.3, -0.25) is 4.79 Å². The number of rotatable bonds is 4. The van der Waals surface area contributed by atoms with Gasteiger partial charge < -0.3 is 18.9 Å². The molecule has 1 aromatic carbocycles. The van der Waals surface area contributed by atoms with Crippen LogP contribution in [0, 0.1) is 0 Å². The smallest absolute Gasteiger partial charge is 0.273 e. The number of benzene rings is 1. The van der Waals surface area contributed by atoms with Gasteiger partial charge in [-0.2, -0.15) is 0 Å². The number of para-hydroxylation sites is 1. The van der Waals surface area contributed by atoms with Gasteiger partial charge in [-0.05, 0) is 18.6 Å². The van der Waals surface area contributed by atoms with Gasteiger partial charge in [-0.25, -0.2) is 4.98 Å². The Kier molecular flexibility index (Phi) is 4.89. The molecule has 4 heterocycles. The summed E-state index contributed by atoms with van der Waals surface area (Å²) in [4.78, 5) is 19.6. The van der Waals surface area contributed by atoms with Crippen LogP contribution in [-0.4, -0.2) is 52.4 Å². The molecule has 0 unspecified atom stereocenters. The number of carbonyl (C=O) groups is 1. The third kappa shape index (κ3) is 3.37. The summed E-state index contributed by atoms with van der Waals surface area (Å²) >= 11 is 1.54. The maximum absolute atomic E-state index is 13.0. The molecule has 2 aliphatic heterocycles. The van der Waals surface area contributed by atoms with Gasteiger partial charge in [0.05, 0.1) is 18.9 Å². The molecule has 6 nitrogen and oxygen atoms in total. The number of piperidine rings is 1. The first-order chi connectivity index (χ1) is 14.2. The quantitative estimate of drug-likeness (QED) is 0.647. The van der Waals surface area contributed by atoms with Gasteiger partial charge in [-0.15, -0.1) is 11.3 Å². The summed E-state index contributed by atoms with van der Waals surface area (Å²) in [5.74, 6) is -0.469. The molecule has 2 aliphatic rings. The second kappa shape index (κ2) is 7.55. The average molecular weight is 412 g/mol. The lowest BCUT2D eigenvalue weighted by atomic mass is 10.0. The largest absolute Gasteiger partial charge is 0.347 e. The number of hydrogen-bond donors (Lipinski definition) is 0. The number of likely N-dealkylation sites (tertiary alicyclic amines) is 1. The molecule has 0 saturated carbocycles. The fraction of sp³-hybridized carbons (Fsp3) is 0.455. The minimum absolute atomic E-state index is 0.00139. The zero-order valence-electron chi connectivity index (χ0n) is 16.6. The Labute approximate surface area is 174 Å². The van der Waals surface area contributed by atoms with E-state index in [1.807, 2.05) is 10.3 Å². The van der Waals surface area contributed by atoms with Crippen LogP contribution in [-0.2, 0) is 16.0 Å². The molecule has 0 N–H and O–H groups in total. The van der Waals surface area contributed by atoms with E-state index in [2.05, 4.69) is 41.8 Å². The van der Waals surface area contributed by atoms with Crippen LogP contribution in [0.5, 0.6) is 0 Å². The molecule has 0 radical (unpaired) electrons. The molecule has 3 aromatic rings. The van der Waals surface area contributed by atoms with Crippen molar-refractivity contribution in [2.75, 3.05) is 26.3 Å². The third-order valence-electron chi connectivity index (χ3n) is 5.83.